The zero-order chi connectivity index (χ0) is 24.6. The maximum atomic E-state index is 12.9. The van der Waals surface area contributed by atoms with Crippen molar-refractivity contribution in [1.82, 2.24) is 14.8 Å². The topological polar surface area (TPSA) is 98.1 Å². The van der Waals surface area contributed by atoms with Crippen molar-refractivity contribution >= 4 is 35.0 Å². The van der Waals surface area contributed by atoms with E-state index in [4.69, 9.17) is 4.74 Å². The summed E-state index contributed by atoms with van der Waals surface area (Å²) in [6.07, 6.45) is 0. The van der Waals surface area contributed by atoms with Crippen molar-refractivity contribution in [1.29, 1.82) is 0 Å². The number of anilines is 2. The normalized spacial score (nSPS) is 10.6. The quantitative estimate of drug-likeness (QED) is 0.324. The second-order valence-electron chi connectivity index (χ2n) is 7.49. The van der Waals surface area contributed by atoms with Gasteiger partial charge in [-0.1, -0.05) is 42.1 Å². The number of carbonyl (C=O) groups is 2. The van der Waals surface area contributed by atoms with Gasteiger partial charge in [-0.25, -0.2) is 0 Å². The largest absolute Gasteiger partial charge is 0.494 e. The number of nitrogens with zero attached hydrogens (tertiary/aromatic N) is 3. The molecule has 4 rings (SSSR count). The molecule has 0 spiro atoms. The van der Waals surface area contributed by atoms with E-state index in [0.717, 1.165) is 17.3 Å². The third-order valence-electron chi connectivity index (χ3n) is 5.01. The van der Waals surface area contributed by atoms with Gasteiger partial charge in [0.25, 0.3) is 5.91 Å². The summed E-state index contributed by atoms with van der Waals surface area (Å²) in [7, 11) is 0. The second kappa shape index (κ2) is 11.3. The lowest BCUT2D eigenvalue weighted by Crippen LogP contribution is -2.19. The van der Waals surface area contributed by atoms with Crippen molar-refractivity contribution < 1.29 is 14.3 Å². The van der Waals surface area contributed by atoms with E-state index in [9.17, 15) is 9.59 Å². The van der Waals surface area contributed by atoms with E-state index in [-0.39, 0.29) is 17.6 Å². The molecule has 35 heavy (non-hydrogen) atoms. The first-order chi connectivity index (χ1) is 17.0. The van der Waals surface area contributed by atoms with E-state index in [2.05, 4.69) is 20.8 Å². The second-order valence-corrected chi connectivity index (χ2v) is 8.44. The molecule has 0 aliphatic carbocycles. The van der Waals surface area contributed by atoms with Crippen LogP contribution in [0.4, 0.5) is 11.4 Å². The summed E-state index contributed by atoms with van der Waals surface area (Å²) in [6, 6.07) is 23.7. The lowest BCUT2D eigenvalue weighted by atomic mass is 10.1. The minimum absolute atomic E-state index is 0.111. The number of hydrogen-bond acceptors (Lipinski definition) is 6. The number of para-hydroxylation sites is 2. The van der Waals surface area contributed by atoms with Crippen LogP contribution in [-0.4, -0.2) is 38.9 Å². The molecule has 2 N–H and O–H groups in total. The Hall–Kier alpha value is -4.11. The van der Waals surface area contributed by atoms with Crippen LogP contribution < -0.4 is 15.4 Å². The van der Waals surface area contributed by atoms with Crippen LogP contribution in [0.15, 0.2) is 84.0 Å². The number of aromatic nitrogens is 3. The third kappa shape index (κ3) is 6.07. The van der Waals surface area contributed by atoms with Gasteiger partial charge >= 0.3 is 0 Å². The Bertz CT molecular complexity index is 1310. The van der Waals surface area contributed by atoms with Gasteiger partial charge in [0.1, 0.15) is 11.6 Å². The van der Waals surface area contributed by atoms with Crippen molar-refractivity contribution in [3.8, 4) is 11.4 Å². The highest BCUT2D eigenvalue weighted by molar-refractivity contribution is 7.99. The van der Waals surface area contributed by atoms with Crippen LogP contribution in [0.3, 0.4) is 0 Å². The number of carbonyl (C=O) groups excluding carboxylic acids is 2. The summed E-state index contributed by atoms with van der Waals surface area (Å²) in [5.41, 5.74) is 2.35. The molecule has 8 nitrogen and oxygen atoms in total. The molecule has 0 aliphatic heterocycles. The fourth-order valence-corrected chi connectivity index (χ4v) is 4.21. The van der Waals surface area contributed by atoms with Crippen molar-refractivity contribution in [2.45, 2.75) is 19.0 Å². The van der Waals surface area contributed by atoms with Crippen molar-refractivity contribution in [3.05, 3.63) is 90.3 Å². The zero-order valence-corrected chi connectivity index (χ0v) is 20.2. The van der Waals surface area contributed by atoms with E-state index in [1.807, 2.05) is 48.7 Å². The first kappa shape index (κ1) is 24.0. The minimum Gasteiger partial charge on any atom is -0.494 e. The molecule has 3 aromatic carbocycles. The lowest BCUT2D eigenvalue weighted by Gasteiger charge is -2.12. The fraction of sp³-hybridized carbons (Fsp3) is 0.154. The molecule has 0 bridgehead atoms. The third-order valence-corrected chi connectivity index (χ3v) is 5.94. The van der Waals surface area contributed by atoms with Crippen LogP contribution in [-0.2, 0) is 4.79 Å². The molecule has 2 amide bonds. The average Bonchev–Trinajstić information content (AvgIpc) is 3.25. The number of thioether (sulfide) groups is 1. The maximum Gasteiger partial charge on any atom is 0.257 e. The Morgan fingerprint density at radius 2 is 1.63 bits per heavy atom. The number of nitrogens with one attached hydrogen (secondary N) is 2. The Morgan fingerprint density at radius 1 is 0.914 bits per heavy atom. The molecule has 1 aromatic heterocycles. The Balaban J connectivity index is 1.41. The molecule has 0 unspecified atom stereocenters. The number of amides is 2. The van der Waals surface area contributed by atoms with Gasteiger partial charge in [0.2, 0.25) is 5.91 Å². The molecule has 4 aromatic rings. The molecule has 1 heterocycles. The zero-order valence-electron chi connectivity index (χ0n) is 19.4. The minimum atomic E-state index is -0.322. The van der Waals surface area contributed by atoms with Crippen molar-refractivity contribution in [2.24, 2.45) is 0 Å². The summed E-state index contributed by atoms with van der Waals surface area (Å²) in [6.45, 7) is 4.35. The first-order valence-electron chi connectivity index (χ1n) is 11.1. The lowest BCUT2D eigenvalue weighted by molar-refractivity contribution is -0.113. The molecular formula is C26H25N5O3S. The Morgan fingerprint density at radius 3 is 2.37 bits per heavy atom. The summed E-state index contributed by atoms with van der Waals surface area (Å²) in [4.78, 5) is 25.6. The number of rotatable bonds is 9. The van der Waals surface area contributed by atoms with Gasteiger partial charge in [-0.2, -0.15) is 0 Å². The summed E-state index contributed by atoms with van der Waals surface area (Å²) in [5.74, 6) is 0.998. The Kier molecular flexibility index (Phi) is 7.79. The highest BCUT2D eigenvalue weighted by Gasteiger charge is 2.16. The molecule has 0 radical (unpaired) electrons. The van der Waals surface area contributed by atoms with E-state index in [0.29, 0.717) is 28.7 Å². The first-order valence-corrected chi connectivity index (χ1v) is 12.1. The van der Waals surface area contributed by atoms with Crippen molar-refractivity contribution in [2.75, 3.05) is 23.0 Å². The van der Waals surface area contributed by atoms with Gasteiger partial charge in [0, 0.05) is 11.4 Å². The average molecular weight is 488 g/mol. The SMILES string of the molecule is CCOc1ccc(NC(=O)c2ccccc2NC(=O)CSc2nnc(C)n2-c2ccccc2)cc1. The number of ether oxygens (including phenoxy) is 1. The highest BCUT2D eigenvalue weighted by atomic mass is 32.2. The molecule has 0 aliphatic rings. The van der Waals surface area contributed by atoms with E-state index < -0.39 is 0 Å². The number of benzene rings is 3. The Labute approximate surface area is 207 Å². The van der Waals surface area contributed by atoms with Gasteiger partial charge in [0.05, 0.1) is 23.6 Å². The van der Waals surface area contributed by atoms with Crippen LogP contribution in [0.2, 0.25) is 0 Å². The predicted molar refractivity (Wildman–Crippen MR) is 137 cm³/mol. The van der Waals surface area contributed by atoms with Crippen LogP contribution in [0.1, 0.15) is 23.1 Å². The molecule has 9 heteroatoms. The van der Waals surface area contributed by atoms with Gasteiger partial charge in [-0.15, -0.1) is 10.2 Å². The molecule has 0 atom stereocenters. The van der Waals surface area contributed by atoms with Gasteiger partial charge in [-0.05, 0) is 62.4 Å². The maximum absolute atomic E-state index is 12.9. The van der Waals surface area contributed by atoms with Gasteiger partial charge in [-0.3, -0.25) is 14.2 Å². The van der Waals surface area contributed by atoms with Crippen LogP contribution in [0.5, 0.6) is 5.75 Å². The predicted octanol–water partition coefficient (Wildman–Crippen LogP) is 4.96. The van der Waals surface area contributed by atoms with Gasteiger partial charge in [0.15, 0.2) is 5.16 Å². The van der Waals surface area contributed by atoms with Crippen LogP contribution >= 0.6 is 11.8 Å². The van der Waals surface area contributed by atoms with Gasteiger partial charge < -0.3 is 15.4 Å². The van der Waals surface area contributed by atoms with Crippen LogP contribution in [0.25, 0.3) is 5.69 Å². The van der Waals surface area contributed by atoms with Crippen molar-refractivity contribution in [3.63, 3.8) is 0 Å². The molecule has 0 saturated carbocycles. The molecule has 0 saturated heterocycles. The number of aryl methyl sites for hydroxylation is 1. The smallest absolute Gasteiger partial charge is 0.257 e. The monoisotopic (exact) mass is 487 g/mol. The summed E-state index contributed by atoms with van der Waals surface area (Å²) < 4.78 is 7.33. The standard InChI is InChI=1S/C26H25N5O3S/c1-3-34-21-15-13-19(14-16-21)27-25(33)22-11-7-8-12-23(22)28-24(32)17-35-26-30-29-18(2)31(26)20-9-5-4-6-10-20/h4-16H,3,17H2,1-2H3,(H,27,33)(H,28,32). The fourth-order valence-electron chi connectivity index (χ4n) is 3.42. The van der Waals surface area contributed by atoms with Crippen LogP contribution in [0, 0.1) is 6.92 Å². The molecular weight excluding hydrogens is 462 g/mol. The highest BCUT2D eigenvalue weighted by Crippen LogP contribution is 2.23. The summed E-state index contributed by atoms with van der Waals surface area (Å²) >= 11 is 1.28. The van der Waals surface area contributed by atoms with E-state index >= 15 is 0 Å². The van der Waals surface area contributed by atoms with E-state index in [1.165, 1.54) is 11.8 Å². The molecule has 178 valence electrons. The summed E-state index contributed by atoms with van der Waals surface area (Å²) in [5, 5.41) is 14.7. The van der Waals surface area contributed by atoms with E-state index in [1.54, 1.807) is 48.5 Å². The number of hydrogen-bond donors (Lipinski definition) is 2. The molecule has 0 fully saturated rings.